The van der Waals surface area contributed by atoms with Crippen LogP contribution in [-0.2, 0) is 14.4 Å². The number of hydrogen-bond donors (Lipinski definition) is 4. The third kappa shape index (κ3) is 8.66. The van der Waals surface area contributed by atoms with Crippen LogP contribution in [-0.4, -0.2) is 69.6 Å². The van der Waals surface area contributed by atoms with Crippen molar-refractivity contribution in [2.75, 3.05) is 18.9 Å². The number of carbonyl (C=O) groups is 5. The first kappa shape index (κ1) is 37.9. The molecule has 6 rings (SSSR count). The van der Waals surface area contributed by atoms with Gasteiger partial charge in [0, 0.05) is 17.7 Å². The molecule has 0 aromatic heterocycles. The Hall–Kier alpha value is -5.88. The molecule has 11 nitrogen and oxygen atoms in total. The molecule has 0 bridgehead atoms. The van der Waals surface area contributed by atoms with E-state index < -0.39 is 29.7 Å². The molecule has 2 aliphatic heterocycles. The lowest BCUT2D eigenvalue weighted by Gasteiger charge is -2.27. The summed E-state index contributed by atoms with van der Waals surface area (Å²) in [7, 11) is 0. The monoisotopic (exact) mass is 747 g/mol. The van der Waals surface area contributed by atoms with Gasteiger partial charge in [0.15, 0.2) is 0 Å². The lowest BCUT2D eigenvalue weighted by Crippen LogP contribution is -2.54. The molecule has 1 atom stereocenters. The number of rotatable bonds is 15. The van der Waals surface area contributed by atoms with Gasteiger partial charge in [0.2, 0.25) is 17.7 Å². The summed E-state index contributed by atoms with van der Waals surface area (Å²) in [6.07, 6.45) is 2.57. The van der Waals surface area contributed by atoms with E-state index in [4.69, 9.17) is 4.74 Å². The summed E-state index contributed by atoms with van der Waals surface area (Å²) in [5.74, 6) is -0.552. The molecule has 1 fully saturated rings. The molecule has 54 heavy (non-hydrogen) atoms. The van der Waals surface area contributed by atoms with Crippen molar-refractivity contribution in [2.24, 2.45) is 0 Å². The van der Waals surface area contributed by atoms with Crippen LogP contribution in [0.4, 0.5) is 0 Å². The highest BCUT2D eigenvalue weighted by Crippen LogP contribution is 2.37. The molecule has 0 radical (unpaired) electrons. The quantitative estimate of drug-likeness (QED) is 0.0472. The summed E-state index contributed by atoms with van der Waals surface area (Å²) in [6.45, 7) is 2.71. The number of allylic oxidation sites excluding steroid dienone is 1. The topological polar surface area (TPSA) is 162 Å². The van der Waals surface area contributed by atoms with Gasteiger partial charge in [-0.25, -0.2) is 0 Å². The lowest BCUT2D eigenvalue weighted by atomic mass is 9.88. The Balaban J connectivity index is 0.957. The smallest absolute Gasteiger partial charge is 0.263 e. The molecule has 12 heteroatoms. The number of ether oxygens (including phenoxy) is 1. The van der Waals surface area contributed by atoms with E-state index in [-0.39, 0.29) is 48.0 Å². The zero-order valence-corrected chi connectivity index (χ0v) is 30.6. The van der Waals surface area contributed by atoms with E-state index >= 15 is 0 Å². The molecule has 0 aliphatic carbocycles. The molecule has 5 amide bonds. The average Bonchev–Trinajstić information content (AvgIpc) is 3.42. The number of piperidine rings is 1. The first-order chi connectivity index (χ1) is 26.1. The highest BCUT2D eigenvalue weighted by molar-refractivity contribution is 7.99. The van der Waals surface area contributed by atoms with Crippen LogP contribution in [0, 0.1) is 0 Å². The summed E-state index contributed by atoms with van der Waals surface area (Å²) in [4.78, 5) is 64.4. The molecule has 2 aliphatic rings. The van der Waals surface area contributed by atoms with Crippen LogP contribution in [0.5, 0.6) is 17.2 Å². The van der Waals surface area contributed by atoms with Gasteiger partial charge in [0.05, 0.1) is 17.7 Å². The number of aromatic hydroxyl groups is 2. The normalized spacial score (nSPS) is 15.8. The van der Waals surface area contributed by atoms with Gasteiger partial charge in [-0.1, -0.05) is 49.4 Å². The number of nitrogens with one attached hydrogen (secondary N) is 2. The van der Waals surface area contributed by atoms with E-state index in [1.165, 1.54) is 11.8 Å². The van der Waals surface area contributed by atoms with Crippen molar-refractivity contribution in [2.45, 2.75) is 56.4 Å². The molecule has 1 saturated heterocycles. The Morgan fingerprint density at radius 2 is 1.50 bits per heavy atom. The van der Waals surface area contributed by atoms with Crippen LogP contribution in [0.3, 0.4) is 0 Å². The molecular formula is C42H41N3O8S. The number of phenolic OH excluding ortho intramolecular Hbond substituents is 2. The molecule has 0 spiro atoms. The summed E-state index contributed by atoms with van der Waals surface area (Å²) in [6, 6.07) is 26.0. The number of thioether (sulfide) groups is 1. The molecule has 4 aromatic rings. The fourth-order valence-corrected chi connectivity index (χ4v) is 7.76. The van der Waals surface area contributed by atoms with E-state index in [0.717, 1.165) is 39.2 Å². The van der Waals surface area contributed by atoms with Crippen LogP contribution in [0.25, 0.3) is 11.1 Å². The van der Waals surface area contributed by atoms with Crippen LogP contribution in [0.2, 0.25) is 0 Å². The summed E-state index contributed by atoms with van der Waals surface area (Å²) < 4.78 is 5.91. The van der Waals surface area contributed by atoms with Gasteiger partial charge >= 0.3 is 0 Å². The second-order valence-electron chi connectivity index (χ2n) is 13.0. The average molecular weight is 748 g/mol. The van der Waals surface area contributed by atoms with Crippen molar-refractivity contribution < 1.29 is 38.9 Å². The predicted molar refractivity (Wildman–Crippen MR) is 205 cm³/mol. The molecule has 0 saturated carbocycles. The summed E-state index contributed by atoms with van der Waals surface area (Å²) >= 11 is 1.43. The lowest BCUT2D eigenvalue weighted by molar-refractivity contribution is -0.136. The van der Waals surface area contributed by atoms with Crippen LogP contribution < -0.4 is 15.4 Å². The third-order valence-corrected chi connectivity index (χ3v) is 10.5. The summed E-state index contributed by atoms with van der Waals surface area (Å²) in [5, 5.41) is 24.8. The minimum atomic E-state index is -1.01. The number of amides is 5. The van der Waals surface area contributed by atoms with Crippen molar-refractivity contribution in [1.82, 2.24) is 15.5 Å². The Bertz CT molecular complexity index is 2080. The Labute approximate surface area is 317 Å². The van der Waals surface area contributed by atoms with Crippen molar-refractivity contribution in [3.63, 3.8) is 0 Å². The van der Waals surface area contributed by atoms with E-state index in [2.05, 4.69) is 17.6 Å². The maximum absolute atomic E-state index is 13.3. The van der Waals surface area contributed by atoms with Crippen molar-refractivity contribution in [3.05, 3.63) is 119 Å². The van der Waals surface area contributed by atoms with Crippen molar-refractivity contribution in [1.29, 1.82) is 0 Å². The molecule has 278 valence electrons. The fraction of sp³-hybridized carbons (Fsp3) is 0.262. The number of unbranched alkanes of at least 4 members (excludes halogenated alkanes) is 1. The SMILES string of the molecule is CCC(=C(c1ccc(O)cc1)c1ccc(OCCNC(=O)CCCCSc2cccc3c2C(=O)N(C2CCC(=O)NC2=O)C3=O)cc1)c1ccc(O)cc1. The number of fused-ring (bicyclic) bond motifs is 1. The molecular weight excluding hydrogens is 707 g/mol. The van der Waals surface area contributed by atoms with Gasteiger partial charge in [-0.05, 0) is 108 Å². The van der Waals surface area contributed by atoms with Crippen LogP contribution >= 0.6 is 11.8 Å². The number of carbonyl (C=O) groups excluding carboxylic acids is 5. The van der Waals surface area contributed by atoms with Crippen molar-refractivity contribution in [3.8, 4) is 17.2 Å². The molecule has 1 unspecified atom stereocenters. The summed E-state index contributed by atoms with van der Waals surface area (Å²) in [5.41, 5.74) is 5.52. The van der Waals surface area contributed by atoms with Gasteiger partial charge in [0.25, 0.3) is 11.8 Å². The second kappa shape index (κ2) is 17.3. The number of nitrogens with zero attached hydrogens (tertiary/aromatic N) is 1. The highest BCUT2D eigenvalue weighted by Gasteiger charge is 2.45. The fourth-order valence-electron chi connectivity index (χ4n) is 6.67. The zero-order valence-electron chi connectivity index (χ0n) is 29.8. The number of benzene rings is 4. The first-order valence-electron chi connectivity index (χ1n) is 17.9. The molecule has 4 aromatic carbocycles. The molecule has 2 heterocycles. The zero-order chi connectivity index (χ0) is 38.2. The highest BCUT2D eigenvalue weighted by atomic mass is 32.2. The predicted octanol–water partition coefficient (Wildman–Crippen LogP) is 6.33. The van der Waals surface area contributed by atoms with Crippen LogP contribution in [0.15, 0.2) is 95.9 Å². The van der Waals surface area contributed by atoms with Gasteiger partial charge in [-0.2, -0.15) is 0 Å². The molecule has 4 N–H and O–H groups in total. The van der Waals surface area contributed by atoms with E-state index in [1.807, 2.05) is 48.5 Å². The maximum atomic E-state index is 13.3. The second-order valence-corrected chi connectivity index (χ2v) is 14.1. The van der Waals surface area contributed by atoms with Crippen molar-refractivity contribution >= 4 is 52.4 Å². The number of hydrogen-bond acceptors (Lipinski definition) is 9. The van der Waals surface area contributed by atoms with Crippen LogP contribution in [0.1, 0.15) is 82.9 Å². The standard InChI is InChI=1S/C42H41N3O8S/c1-2-32(26-9-15-29(46)16-10-26)38(27-11-17-30(47)18-12-27)28-13-19-31(20-14-28)53-24-23-43-36(48)8-3-4-25-54-35-7-5-6-33-39(35)42(52)45(41(33)51)34-21-22-37(49)44-40(34)50/h5-7,9-20,34,46-47H,2-4,8,21-25H2,1H3,(H,43,48)(H,44,49,50). The van der Waals surface area contributed by atoms with Gasteiger partial charge in [-0.15, -0.1) is 11.8 Å². The van der Waals surface area contributed by atoms with E-state index in [1.54, 1.807) is 42.5 Å². The van der Waals surface area contributed by atoms with Gasteiger partial charge in [0.1, 0.15) is 29.9 Å². The van der Waals surface area contributed by atoms with Gasteiger partial charge in [-0.3, -0.25) is 34.2 Å². The number of phenols is 2. The number of imide groups is 2. The van der Waals surface area contributed by atoms with E-state index in [0.29, 0.717) is 42.2 Å². The Morgan fingerprint density at radius 3 is 2.15 bits per heavy atom. The minimum absolute atomic E-state index is 0.0623. The minimum Gasteiger partial charge on any atom is -0.508 e. The third-order valence-electron chi connectivity index (χ3n) is 9.35. The first-order valence-corrected chi connectivity index (χ1v) is 18.9. The van der Waals surface area contributed by atoms with E-state index in [9.17, 15) is 34.2 Å². The Morgan fingerprint density at radius 1 is 0.852 bits per heavy atom. The Kier molecular flexibility index (Phi) is 12.1. The largest absolute Gasteiger partial charge is 0.508 e. The maximum Gasteiger partial charge on any atom is 0.263 e. The van der Waals surface area contributed by atoms with Gasteiger partial charge < -0.3 is 20.3 Å².